The molecular weight excluding hydrogens is 441 g/mol. The normalized spacial score (nSPS) is 15.9. The smallest absolute Gasteiger partial charge is 0.191 e. The fourth-order valence-electron chi connectivity index (χ4n) is 2.92. The van der Waals surface area contributed by atoms with Crippen molar-refractivity contribution in [3.63, 3.8) is 0 Å². The molecule has 1 aliphatic heterocycles. The summed E-state index contributed by atoms with van der Waals surface area (Å²) < 4.78 is 11.3. The minimum absolute atomic E-state index is 0. The second kappa shape index (κ2) is 10.6. The molecular formula is C20H28IN3O2. The van der Waals surface area contributed by atoms with Gasteiger partial charge in [-0.2, -0.15) is 0 Å². The summed E-state index contributed by atoms with van der Waals surface area (Å²) in [6, 6.07) is 10.2. The van der Waals surface area contributed by atoms with Crippen molar-refractivity contribution in [3.05, 3.63) is 47.7 Å². The molecule has 26 heavy (non-hydrogen) atoms. The summed E-state index contributed by atoms with van der Waals surface area (Å²) in [6.45, 7) is 7.33. The van der Waals surface area contributed by atoms with Crippen LogP contribution in [0.4, 0.5) is 0 Å². The van der Waals surface area contributed by atoms with Crippen LogP contribution in [0.1, 0.15) is 38.5 Å². The van der Waals surface area contributed by atoms with E-state index in [4.69, 9.17) is 14.1 Å². The van der Waals surface area contributed by atoms with Gasteiger partial charge in [-0.15, -0.1) is 24.0 Å². The van der Waals surface area contributed by atoms with E-state index in [2.05, 4.69) is 42.7 Å². The average molecular weight is 469 g/mol. The lowest BCUT2D eigenvalue weighted by molar-refractivity contribution is 0.153. The zero-order valence-electron chi connectivity index (χ0n) is 15.5. The van der Waals surface area contributed by atoms with Gasteiger partial charge in [-0.25, -0.2) is 0 Å². The van der Waals surface area contributed by atoms with E-state index in [0.717, 1.165) is 61.8 Å². The lowest BCUT2D eigenvalue weighted by Crippen LogP contribution is -2.38. The number of hydrogen-bond donors (Lipinski definition) is 2. The Kier molecular flexibility index (Phi) is 8.44. The first-order valence-corrected chi connectivity index (χ1v) is 9.05. The molecule has 1 atom stereocenters. The number of benzene rings is 1. The van der Waals surface area contributed by atoms with Gasteiger partial charge in [0.25, 0.3) is 0 Å². The van der Waals surface area contributed by atoms with Gasteiger partial charge in [0.15, 0.2) is 5.96 Å². The first-order valence-electron chi connectivity index (χ1n) is 9.05. The van der Waals surface area contributed by atoms with E-state index >= 15 is 0 Å². The summed E-state index contributed by atoms with van der Waals surface area (Å²) in [5.74, 6) is 1.74. The van der Waals surface area contributed by atoms with Crippen molar-refractivity contribution in [1.29, 1.82) is 0 Å². The number of halogens is 1. The molecule has 0 saturated carbocycles. The van der Waals surface area contributed by atoms with Crippen molar-refractivity contribution >= 4 is 40.9 Å². The molecule has 1 aromatic heterocycles. The molecule has 2 aromatic rings. The number of guanidine groups is 1. The van der Waals surface area contributed by atoms with Gasteiger partial charge in [0.1, 0.15) is 11.3 Å². The molecule has 0 spiro atoms. The first kappa shape index (κ1) is 20.8. The summed E-state index contributed by atoms with van der Waals surface area (Å²) in [4.78, 5) is 4.70. The van der Waals surface area contributed by atoms with E-state index in [1.165, 1.54) is 5.57 Å². The van der Waals surface area contributed by atoms with Crippen LogP contribution in [0.15, 0.2) is 51.4 Å². The van der Waals surface area contributed by atoms with Crippen LogP contribution in [0.5, 0.6) is 0 Å². The predicted octanol–water partition coefficient (Wildman–Crippen LogP) is 4.40. The van der Waals surface area contributed by atoms with Crippen LogP contribution in [-0.4, -0.2) is 32.3 Å². The molecule has 2 N–H and O–H groups in total. The van der Waals surface area contributed by atoms with E-state index in [-0.39, 0.29) is 30.0 Å². The van der Waals surface area contributed by atoms with Gasteiger partial charge in [0.2, 0.25) is 0 Å². The van der Waals surface area contributed by atoms with Crippen molar-refractivity contribution in [2.45, 2.75) is 32.7 Å². The number of nitrogens with zero attached hydrogens (tertiary/aromatic N) is 1. The topological polar surface area (TPSA) is 58.8 Å². The molecule has 0 fully saturated rings. The first-order chi connectivity index (χ1) is 12.3. The van der Waals surface area contributed by atoms with Crippen molar-refractivity contribution in [2.75, 3.05) is 26.3 Å². The SMILES string of the molecule is CCNC(=NCCC1=CCOCC1)NC(C)c1cc2ccccc2o1.I. The Morgan fingerprint density at radius 1 is 1.31 bits per heavy atom. The van der Waals surface area contributed by atoms with Crippen LogP contribution in [0.3, 0.4) is 0 Å². The Bertz CT molecular complexity index is 721. The van der Waals surface area contributed by atoms with Gasteiger partial charge < -0.3 is 19.8 Å². The molecule has 6 heteroatoms. The lowest BCUT2D eigenvalue weighted by Gasteiger charge is -2.17. The number of fused-ring (bicyclic) bond motifs is 1. The van der Waals surface area contributed by atoms with E-state index < -0.39 is 0 Å². The third-order valence-corrected chi connectivity index (χ3v) is 4.33. The van der Waals surface area contributed by atoms with Crippen LogP contribution < -0.4 is 10.6 Å². The van der Waals surface area contributed by atoms with Crippen LogP contribution in [0.2, 0.25) is 0 Å². The Morgan fingerprint density at radius 3 is 2.88 bits per heavy atom. The molecule has 1 aliphatic rings. The molecule has 0 saturated heterocycles. The fraction of sp³-hybridized carbons (Fsp3) is 0.450. The molecule has 5 nitrogen and oxygen atoms in total. The summed E-state index contributed by atoms with van der Waals surface area (Å²) in [5.41, 5.74) is 2.36. The monoisotopic (exact) mass is 469 g/mol. The Hall–Kier alpha value is -1.54. The summed E-state index contributed by atoms with van der Waals surface area (Å²) in [6.07, 6.45) is 4.18. The molecule has 0 aliphatic carbocycles. The molecule has 0 radical (unpaired) electrons. The van der Waals surface area contributed by atoms with Crippen molar-refractivity contribution in [2.24, 2.45) is 4.99 Å². The zero-order valence-corrected chi connectivity index (χ0v) is 17.8. The number of ether oxygens (including phenoxy) is 1. The van der Waals surface area contributed by atoms with Crippen molar-refractivity contribution < 1.29 is 9.15 Å². The van der Waals surface area contributed by atoms with Crippen molar-refractivity contribution in [3.8, 4) is 0 Å². The van der Waals surface area contributed by atoms with Gasteiger partial charge in [-0.3, -0.25) is 4.99 Å². The standard InChI is InChI=1S/C20H27N3O2.HI/c1-3-21-20(22-11-8-16-9-12-24-13-10-16)23-15(2)19-14-17-6-4-5-7-18(17)25-19;/h4-7,9,14-15H,3,8,10-13H2,1-2H3,(H2,21,22,23);1H. The minimum Gasteiger partial charge on any atom is -0.459 e. The molecule has 1 unspecified atom stereocenters. The Labute approximate surface area is 172 Å². The van der Waals surface area contributed by atoms with E-state index in [9.17, 15) is 0 Å². The van der Waals surface area contributed by atoms with E-state index in [1.54, 1.807) is 0 Å². The number of rotatable bonds is 6. The highest BCUT2D eigenvalue weighted by Gasteiger charge is 2.13. The number of aliphatic imine (C=N–C) groups is 1. The molecule has 3 rings (SSSR count). The Morgan fingerprint density at radius 2 is 2.15 bits per heavy atom. The van der Waals surface area contributed by atoms with Gasteiger partial charge in [0, 0.05) is 18.5 Å². The average Bonchev–Trinajstić information content (AvgIpc) is 3.07. The predicted molar refractivity (Wildman–Crippen MR) is 117 cm³/mol. The molecule has 0 amide bonds. The number of para-hydroxylation sites is 1. The Balaban J connectivity index is 0.00000243. The van der Waals surface area contributed by atoms with E-state index in [0.29, 0.717) is 0 Å². The number of nitrogens with one attached hydrogen (secondary N) is 2. The summed E-state index contributed by atoms with van der Waals surface area (Å²) in [5, 5.41) is 7.87. The second-order valence-electron chi connectivity index (χ2n) is 6.25. The highest BCUT2D eigenvalue weighted by atomic mass is 127. The zero-order chi connectivity index (χ0) is 17.5. The molecule has 0 bridgehead atoms. The van der Waals surface area contributed by atoms with Gasteiger partial charge in [-0.1, -0.05) is 29.8 Å². The highest BCUT2D eigenvalue weighted by molar-refractivity contribution is 14.0. The fourth-order valence-corrected chi connectivity index (χ4v) is 2.92. The van der Waals surface area contributed by atoms with Gasteiger partial charge >= 0.3 is 0 Å². The quantitative estimate of drug-likeness (QED) is 0.285. The van der Waals surface area contributed by atoms with Crippen molar-refractivity contribution in [1.82, 2.24) is 10.6 Å². The van der Waals surface area contributed by atoms with E-state index in [1.807, 2.05) is 18.2 Å². The highest BCUT2D eigenvalue weighted by Crippen LogP contribution is 2.23. The number of hydrogen-bond acceptors (Lipinski definition) is 3. The van der Waals surface area contributed by atoms with Crippen LogP contribution in [0, 0.1) is 0 Å². The van der Waals surface area contributed by atoms with Crippen LogP contribution in [-0.2, 0) is 4.74 Å². The maximum absolute atomic E-state index is 5.94. The molecule has 2 heterocycles. The lowest BCUT2D eigenvalue weighted by atomic mass is 10.1. The third-order valence-electron chi connectivity index (χ3n) is 4.33. The minimum atomic E-state index is 0. The number of furan rings is 1. The second-order valence-corrected chi connectivity index (χ2v) is 6.25. The van der Waals surface area contributed by atoms with Gasteiger partial charge in [0.05, 0.1) is 19.3 Å². The molecule has 1 aromatic carbocycles. The van der Waals surface area contributed by atoms with Crippen LogP contribution >= 0.6 is 24.0 Å². The van der Waals surface area contributed by atoms with Gasteiger partial charge in [-0.05, 0) is 38.8 Å². The maximum Gasteiger partial charge on any atom is 0.191 e. The third kappa shape index (κ3) is 5.74. The van der Waals surface area contributed by atoms with Crippen LogP contribution in [0.25, 0.3) is 11.0 Å². The largest absolute Gasteiger partial charge is 0.459 e. The molecule has 142 valence electrons. The summed E-state index contributed by atoms with van der Waals surface area (Å²) >= 11 is 0. The maximum atomic E-state index is 5.94. The summed E-state index contributed by atoms with van der Waals surface area (Å²) in [7, 11) is 0.